The summed E-state index contributed by atoms with van der Waals surface area (Å²) in [5, 5.41) is 15.2. The number of benzene rings is 3. The van der Waals surface area contributed by atoms with Crippen molar-refractivity contribution in [2.75, 3.05) is 12.5 Å². The molecule has 1 saturated carbocycles. The maximum atomic E-state index is 15.0. The van der Waals surface area contributed by atoms with Gasteiger partial charge in [0, 0.05) is 16.5 Å². The Labute approximate surface area is 256 Å². The number of aromatic hydroxyl groups is 1. The predicted molar refractivity (Wildman–Crippen MR) is 157 cm³/mol. The highest BCUT2D eigenvalue weighted by molar-refractivity contribution is 6.30. The minimum Gasteiger partial charge on any atom is -0.508 e. The number of halogens is 2. The molecular weight excluding hydrogens is 589 g/mol. The Hall–Kier alpha value is -4.70. The topological polar surface area (TPSA) is 125 Å². The molecule has 0 bridgehead atoms. The third kappa shape index (κ3) is 3.97. The normalized spacial score (nSPS) is 29.0. The third-order valence-electron chi connectivity index (χ3n) is 9.64. The van der Waals surface area contributed by atoms with Gasteiger partial charge >= 0.3 is 0 Å². The number of rotatable bonds is 5. The number of imide groups is 2. The van der Waals surface area contributed by atoms with Gasteiger partial charge in [0.05, 0.1) is 36.0 Å². The van der Waals surface area contributed by atoms with E-state index in [0.717, 1.165) is 5.01 Å². The van der Waals surface area contributed by atoms with Gasteiger partial charge in [0.15, 0.2) is 0 Å². The number of phenols is 1. The number of methoxy groups -OCH3 is 1. The van der Waals surface area contributed by atoms with Gasteiger partial charge in [-0.3, -0.25) is 29.9 Å². The Kier molecular flexibility index (Phi) is 6.51. The summed E-state index contributed by atoms with van der Waals surface area (Å²) >= 11 is 6.27. The van der Waals surface area contributed by atoms with Gasteiger partial charge in [-0.25, -0.2) is 4.39 Å². The fourth-order valence-corrected chi connectivity index (χ4v) is 7.93. The molecule has 6 unspecified atom stereocenters. The van der Waals surface area contributed by atoms with Gasteiger partial charge < -0.3 is 9.84 Å². The third-order valence-corrected chi connectivity index (χ3v) is 9.90. The van der Waals surface area contributed by atoms with Crippen molar-refractivity contribution in [1.29, 1.82) is 0 Å². The number of ether oxygens (including phenoxy) is 1. The fourth-order valence-electron chi connectivity index (χ4n) is 7.80. The van der Waals surface area contributed by atoms with Crippen molar-refractivity contribution in [1.82, 2.24) is 10.3 Å². The van der Waals surface area contributed by atoms with Crippen LogP contribution in [0.25, 0.3) is 0 Å². The number of hydrogen-bond donors (Lipinski definition) is 3. The van der Waals surface area contributed by atoms with E-state index in [-0.39, 0.29) is 24.5 Å². The van der Waals surface area contributed by atoms with Crippen LogP contribution in [0.3, 0.4) is 0 Å². The molecule has 0 spiro atoms. The first-order chi connectivity index (χ1) is 21.1. The van der Waals surface area contributed by atoms with Crippen molar-refractivity contribution < 1.29 is 33.4 Å². The van der Waals surface area contributed by atoms with Crippen molar-refractivity contribution in [3.8, 4) is 11.5 Å². The molecule has 2 aliphatic carbocycles. The van der Waals surface area contributed by atoms with E-state index < -0.39 is 58.5 Å². The number of hydrazine groups is 1. The van der Waals surface area contributed by atoms with Crippen LogP contribution in [0.2, 0.25) is 5.02 Å². The molecule has 7 rings (SSSR count). The summed E-state index contributed by atoms with van der Waals surface area (Å²) < 4.78 is 19.2. The largest absolute Gasteiger partial charge is 0.508 e. The van der Waals surface area contributed by atoms with E-state index >= 15 is 0 Å². The molecule has 2 heterocycles. The van der Waals surface area contributed by atoms with Gasteiger partial charge in [0.2, 0.25) is 11.8 Å². The molecule has 3 aromatic carbocycles. The van der Waals surface area contributed by atoms with Crippen LogP contribution in [0.4, 0.5) is 10.1 Å². The van der Waals surface area contributed by atoms with Gasteiger partial charge in [-0.15, -0.1) is 0 Å². The summed E-state index contributed by atoms with van der Waals surface area (Å²) in [6.45, 7) is 0. The highest BCUT2D eigenvalue weighted by Gasteiger charge is 2.70. The van der Waals surface area contributed by atoms with E-state index in [4.69, 9.17) is 16.3 Å². The summed E-state index contributed by atoms with van der Waals surface area (Å²) in [6, 6.07) is 16.6. The summed E-state index contributed by atoms with van der Waals surface area (Å²) in [7, 11) is 1.48. The minimum absolute atomic E-state index is 0.101. The average molecular weight is 616 g/mol. The molecule has 224 valence electrons. The molecule has 6 atom stereocenters. The van der Waals surface area contributed by atoms with Crippen LogP contribution in [0.15, 0.2) is 78.4 Å². The summed E-state index contributed by atoms with van der Waals surface area (Å²) in [4.78, 5) is 55.3. The number of nitrogens with zero attached hydrogens (tertiary/aromatic N) is 1. The van der Waals surface area contributed by atoms with Crippen LogP contribution in [0.5, 0.6) is 11.5 Å². The number of allylic oxidation sites excluding steroid dienone is 2. The van der Waals surface area contributed by atoms with Crippen LogP contribution in [0.1, 0.15) is 29.9 Å². The Morgan fingerprint density at radius 1 is 1.00 bits per heavy atom. The number of fused-ring (bicyclic) bond motifs is 4. The lowest BCUT2D eigenvalue weighted by molar-refractivity contribution is -0.138. The Bertz CT molecular complexity index is 1760. The number of carbonyl (C=O) groups is 4. The molecule has 4 amide bonds. The number of nitrogens with one attached hydrogen (secondary N) is 2. The maximum Gasteiger partial charge on any atom is 0.260 e. The lowest BCUT2D eigenvalue weighted by Gasteiger charge is -2.50. The van der Waals surface area contributed by atoms with Crippen molar-refractivity contribution in [3.63, 3.8) is 0 Å². The van der Waals surface area contributed by atoms with Gasteiger partial charge in [-0.05, 0) is 78.9 Å². The molecular formula is C33H27ClFN3O6. The second-order valence-electron chi connectivity index (χ2n) is 11.7. The SMILES string of the molecule is COc1ccc(O)c(C2C3=CCC4C(=O)NC(=O)C4C3CC3C(=O)N(Nc4ccc(F)cc4)C(=O)C32c2ccc(Cl)cc2)c1. The molecule has 3 aromatic rings. The highest BCUT2D eigenvalue weighted by atomic mass is 35.5. The zero-order chi connectivity index (χ0) is 30.9. The number of anilines is 1. The molecule has 11 heteroatoms. The molecule has 3 N–H and O–H groups in total. The van der Waals surface area contributed by atoms with Crippen LogP contribution >= 0.6 is 11.6 Å². The van der Waals surface area contributed by atoms with Crippen LogP contribution in [-0.4, -0.2) is 40.9 Å². The van der Waals surface area contributed by atoms with E-state index in [2.05, 4.69) is 10.7 Å². The molecule has 3 fully saturated rings. The van der Waals surface area contributed by atoms with Crippen molar-refractivity contribution in [3.05, 3.63) is 100 Å². The molecule has 0 radical (unpaired) electrons. The Balaban J connectivity index is 1.49. The zero-order valence-corrected chi connectivity index (χ0v) is 24.2. The average Bonchev–Trinajstić information content (AvgIpc) is 3.43. The smallest absolute Gasteiger partial charge is 0.260 e. The maximum absolute atomic E-state index is 15.0. The fraction of sp³-hybridized carbons (Fsp3) is 0.273. The first kappa shape index (κ1) is 28.1. The second kappa shape index (κ2) is 10.2. The Morgan fingerprint density at radius 2 is 1.73 bits per heavy atom. The van der Waals surface area contributed by atoms with E-state index in [9.17, 15) is 28.7 Å². The lowest BCUT2D eigenvalue weighted by Crippen LogP contribution is -2.53. The monoisotopic (exact) mass is 615 g/mol. The first-order valence-electron chi connectivity index (χ1n) is 14.2. The highest BCUT2D eigenvalue weighted by Crippen LogP contribution is 2.64. The van der Waals surface area contributed by atoms with E-state index in [0.29, 0.717) is 33.2 Å². The molecule has 2 saturated heterocycles. The molecule has 4 aliphatic rings. The van der Waals surface area contributed by atoms with Crippen molar-refractivity contribution >= 4 is 40.9 Å². The van der Waals surface area contributed by atoms with Gasteiger partial charge in [-0.2, -0.15) is 5.01 Å². The number of amides is 4. The summed E-state index contributed by atoms with van der Waals surface area (Å²) in [5.41, 5.74) is 3.14. The summed E-state index contributed by atoms with van der Waals surface area (Å²) in [5.74, 6) is -5.93. The van der Waals surface area contributed by atoms with Gasteiger partial charge in [0.1, 0.15) is 17.3 Å². The molecule has 2 aliphatic heterocycles. The van der Waals surface area contributed by atoms with E-state index in [1.54, 1.807) is 36.4 Å². The Morgan fingerprint density at radius 3 is 2.43 bits per heavy atom. The lowest BCUT2D eigenvalue weighted by atomic mass is 9.49. The van der Waals surface area contributed by atoms with E-state index in [1.807, 2.05) is 6.08 Å². The molecule has 44 heavy (non-hydrogen) atoms. The number of phenolic OH excluding ortho intramolecular Hbond substituents is 1. The number of carbonyl (C=O) groups excluding carboxylic acids is 4. The predicted octanol–water partition coefficient (Wildman–Crippen LogP) is 4.47. The van der Waals surface area contributed by atoms with Crippen molar-refractivity contribution in [2.24, 2.45) is 23.7 Å². The minimum atomic E-state index is -1.59. The van der Waals surface area contributed by atoms with Crippen molar-refractivity contribution in [2.45, 2.75) is 24.2 Å². The standard InChI is InChI=1S/C33H27ClFN3O6/c1-44-20-10-13-26(39)24(14-20)28-21-11-12-22-27(30(41)36-29(22)40)23(21)15-25-31(42)38(37-19-8-6-18(35)7-9-19)32(43)33(25,28)16-2-4-17(34)5-3-16/h2-11,13-14,22-23,25,27-28,37,39H,12,15H2,1H3,(H,36,40,41). The summed E-state index contributed by atoms with van der Waals surface area (Å²) in [6.07, 6.45) is 2.25. The first-order valence-corrected chi connectivity index (χ1v) is 14.6. The zero-order valence-electron chi connectivity index (χ0n) is 23.4. The quantitative estimate of drug-likeness (QED) is 0.286. The van der Waals surface area contributed by atoms with Crippen LogP contribution in [0, 0.1) is 29.5 Å². The number of hydrogen-bond acceptors (Lipinski definition) is 7. The van der Waals surface area contributed by atoms with Crippen LogP contribution < -0.4 is 15.5 Å². The van der Waals surface area contributed by atoms with Crippen LogP contribution in [-0.2, 0) is 24.6 Å². The van der Waals surface area contributed by atoms with E-state index in [1.165, 1.54) is 37.4 Å². The molecule has 0 aromatic heterocycles. The second-order valence-corrected chi connectivity index (χ2v) is 12.1. The molecule has 9 nitrogen and oxygen atoms in total. The van der Waals surface area contributed by atoms with Gasteiger partial charge in [-0.1, -0.05) is 35.4 Å². The van der Waals surface area contributed by atoms with Gasteiger partial charge in [0.25, 0.3) is 11.8 Å².